The van der Waals surface area contributed by atoms with Crippen molar-refractivity contribution in [1.29, 1.82) is 0 Å². The van der Waals surface area contributed by atoms with Crippen molar-refractivity contribution in [3.8, 4) is 0 Å². The fourth-order valence-electron chi connectivity index (χ4n) is 5.50. The predicted octanol–water partition coefficient (Wildman–Crippen LogP) is 7.05. The number of carbonyl (C=O) groups excluding carboxylic acids is 3. The third-order valence-corrected chi connectivity index (χ3v) is 8.20. The summed E-state index contributed by atoms with van der Waals surface area (Å²) in [5, 5.41) is 5.77. The van der Waals surface area contributed by atoms with Crippen LogP contribution in [-0.4, -0.2) is 41.2 Å². The summed E-state index contributed by atoms with van der Waals surface area (Å²) in [7, 11) is 0. The largest absolute Gasteiger partial charge is 0.352 e. The Morgan fingerprint density at radius 3 is 2.33 bits per heavy atom. The van der Waals surface area contributed by atoms with Gasteiger partial charge in [-0.15, -0.1) is 0 Å². The Morgan fingerprint density at radius 1 is 0.881 bits per heavy atom. The molecule has 0 aromatic heterocycles. The molecule has 216 valence electrons. The molecular formula is C34H33Cl2N3O3. The highest BCUT2D eigenvalue weighted by molar-refractivity contribution is 6.42. The molecule has 42 heavy (non-hydrogen) atoms. The van der Waals surface area contributed by atoms with Crippen molar-refractivity contribution in [2.24, 2.45) is 0 Å². The maximum Gasteiger partial charge on any atom is 0.258 e. The van der Waals surface area contributed by atoms with Crippen molar-refractivity contribution in [3.63, 3.8) is 0 Å². The van der Waals surface area contributed by atoms with Gasteiger partial charge in [0.2, 0.25) is 11.8 Å². The van der Waals surface area contributed by atoms with Crippen LogP contribution in [0.15, 0.2) is 84.9 Å². The first-order chi connectivity index (χ1) is 20.2. The Hall–Kier alpha value is -3.87. The summed E-state index contributed by atoms with van der Waals surface area (Å²) < 4.78 is 0. The van der Waals surface area contributed by atoms with Gasteiger partial charge in [0.25, 0.3) is 5.91 Å². The molecule has 1 heterocycles. The quantitative estimate of drug-likeness (QED) is 0.200. The van der Waals surface area contributed by atoms with Gasteiger partial charge in [-0.2, -0.15) is 0 Å². The molecule has 1 aliphatic heterocycles. The molecule has 0 saturated heterocycles. The Bertz CT molecular complexity index is 1620. The minimum Gasteiger partial charge on any atom is -0.352 e. The number of amides is 3. The van der Waals surface area contributed by atoms with Crippen LogP contribution in [0.2, 0.25) is 10.0 Å². The molecule has 4 aromatic rings. The second-order valence-corrected chi connectivity index (χ2v) is 11.7. The van der Waals surface area contributed by atoms with E-state index in [0.717, 1.165) is 27.6 Å². The number of benzene rings is 4. The van der Waals surface area contributed by atoms with Crippen LogP contribution in [0, 0.1) is 0 Å². The Labute approximate surface area is 256 Å². The van der Waals surface area contributed by atoms with E-state index < -0.39 is 6.04 Å². The van der Waals surface area contributed by atoms with Crippen LogP contribution in [0.3, 0.4) is 0 Å². The minimum atomic E-state index is -0.747. The normalized spacial score (nSPS) is 13.1. The third kappa shape index (κ3) is 6.45. The second-order valence-electron chi connectivity index (χ2n) is 10.9. The van der Waals surface area contributed by atoms with Crippen LogP contribution < -0.4 is 10.2 Å². The highest BCUT2D eigenvalue weighted by Crippen LogP contribution is 2.37. The Balaban J connectivity index is 1.39. The van der Waals surface area contributed by atoms with Crippen molar-refractivity contribution >= 4 is 57.4 Å². The van der Waals surface area contributed by atoms with E-state index in [1.807, 2.05) is 86.6 Å². The first kappa shape index (κ1) is 29.6. The van der Waals surface area contributed by atoms with E-state index >= 15 is 0 Å². The van der Waals surface area contributed by atoms with Crippen molar-refractivity contribution in [2.75, 3.05) is 11.4 Å². The smallest absolute Gasteiger partial charge is 0.258 e. The SMILES string of the molecule is CC(C)NC(=O)C(Cc1ccccc1)N(Cc1ccc(Cl)c(Cl)c1)C(=O)CCCN1C(=O)c2cccc3cccc1c23. The third-order valence-electron chi connectivity index (χ3n) is 7.46. The van der Waals surface area contributed by atoms with E-state index in [-0.39, 0.29) is 36.7 Å². The van der Waals surface area contributed by atoms with E-state index in [9.17, 15) is 14.4 Å². The van der Waals surface area contributed by atoms with Crippen LogP contribution >= 0.6 is 23.2 Å². The molecule has 1 atom stereocenters. The number of halogens is 2. The highest BCUT2D eigenvalue weighted by atomic mass is 35.5. The lowest BCUT2D eigenvalue weighted by molar-refractivity contribution is -0.141. The van der Waals surface area contributed by atoms with Crippen LogP contribution in [0.25, 0.3) is 10.8 Å². The molecule has 1 unspecified atom stereocenters. The van der Waals surface area contributed by atoms with Crippen molar-refractivity contribution < 1.29 is 14.4 Å². The van der Waals surface area contributed by atoms with Gasteiger partial charge in [0.15, 0.2) is 0 Å². The first-order valence-corrected chi connectivity index (χ1v) is 14.9. The Morgan fingerprint density at radius 2 is 1.62 bits per heavy atom. The molecule has 0 radical (unpaired) electrons. The number of nitrogens with one attached hydrogen (secondary N) is 1. The standard InChI is InChI=1S/C34H33Cl2N3O3/c1-22(2)37-33(41)30(20-23-9-4-3-5-10-23)39(21-24-16-17-27(35)28(36)19-24)31(40)15-8-18-38-29-14-7-12-25-11-6-13-26(32(25)29)34(38)42/h3-7,9-14,16-17,19,22,30H,8,15,18,20-21H2,1-2H3,(H,37,41). The summed E-state index contributed by atoms with van der Waals surface area (Å²) in [5.74, 6) is -0.456. The number of rotatable bonds is 11. The molecule has 0 aliphatic carbocycles. The number of hydrogen-bond donors (Lipinski definition) is 1. The molecule has 0 saturated carbocycles. The molecule has 1 aliphatic rings. The van der Waals surface area contributed by atoms with Gasteiger partial charge < -0.3 is 15.1 Å². The summed E-state index contributed by atoms with van der Waals surface area (Å²) >= 11 is 12.5. The fourth-order valence-corrected chi connectivity index (χ4v) is 5.82. The van der Waals surface area contributed by atoms with Crippen LogP contribution in [0.1, 0.15) is 48.2 Å². The zero-order valence-corrected chi connectivity index (χ0v) is 25.2. The molecule has 6 nitrogen and oxygen atoms in total. The summed E-state index contributed by atoms with van der Waals surface area (Å²) in [4.78, 5) is 44.2. The molecule has 0 bridgehead atoms. The molecule has 0 fully saturated rings. The lowest BCUT2D eigenvalue weighted by Crippen LogP contribution is -2.51. The van der Waals surface area contributed by atoms with E-state index in [1.165, 1.54) is 0 Å². The number of hydrogen-bond acceptors (Lipinski definition) is 3. The molecule has 3 amide bonds. The summed E-state index contributed by atoms with van der Waals surface area (Å²) in [6.45, 7) is 4.37. The summed E-state index contributed by atoms with van der Waals surface area (Å²) in [6, 6.07) is 25.7. The van der Waals surface area contributed by atoms with Crippen molar-refractivity contribution in [3.05, 3.63) is 112 Å². The van der Waals surface area contributed by atoms with Gasteiger partial charge in [-0.05, 0) is 61.0 Å². The van der Waals surface area contributed by atoms with Crippen LogP contribution in [-0.2, 0) is 22.6 Å². The number of anilines is 1. The average molecular weight is 603 g/mol. The molecule has 4 aromatic carbocycles. The minimum absolute atomic E-state index is 0.0554. The van der Waals surface area contributed by atoms with E-state index in [2.05, 4.69) is 5.32 Å². The molecule has 0 spiro atoms. The summed E-state index contributed by atoms with van der Waals surface area (Å²) in [5.41, 5.74) is 3.27. The predicted molar refractivity (Wildman–Crippen MR) is 169 cm³/mol. The van der Waals surface area contributed by atoms with Gasteiger partial charge in [0.1, 0.15) is 6.04 Å². The lowest BCUT2D eigenvalue weighted by atomic mass is 10.0. The van der Waals surface area contributed by atoms with Crippen LogP contribution in [0.5, 0.6) is 0 Å². The first-order valence-electron chi connectivity index (χ1n) is 14.1. The van der Waals surface area contributed by atoms with Gasteiger partial charge >= 0.3 is 0 Å². The topological polar surface area (TPSA) is 69.7 Å². The Kier molecular flexibility index (Phi) is 9.15. The molecular weight excluding hydrogens is 569 g/mol. The van der Waals surface area contributed by atoms with Gasteiger partial charge in [-0.1, -0.05) is 83.9 Å². The summed E-state index contributed by atoms with van der Waals surface area (Å²) in [6.07, 6.45) is 0.961. The highest BCUT2D eigenvalue weighted by Gasteiger charge is 2.32. The number of carbonyl (C=O) groups is 3. The van der Waals surface area contributed by atoms with E-state index in [4.69, 9.17) is 23.2 Å². The fraction of sp³-hybridized carbons (Fsp3) is 0.265. The van der Waals surface area contributed by atoms with Crippen molar-refractivity contribution in [1.82, 2.24) is 10.2 Å². The number of nitrogens with zero attached hydrogens (tertiary/aromatic N) is 2. The maximum absolute atomic E-state index is 14.0. The molecule has 5 rings (SSSR count). The van der Waals surface area contributed by atoms with Gasteiger partial charge in [-0.25, -0.2) is 0 Å². The zero-order valence-electron chi connectivity index (χ0n) is 23.6. The van der Waals surface area contributed by atoms with Gasteiger partial charge in [0, 0.05) is 42.9 Å². The molecule has 1 N–H and O–H groups in total. The van der Waals surface area contributed by atoms with E-state index in [0.29, 0.717) is 35.0 Å². The van der Waals surface area contributed by atoms with Crippen molar-refractivity contribution in [2.45, 2.75) is 51.7 Å². The zero-order chi connectivity index (χ0) is 29.8. The van der Waals surface area contributed by atoms with E-state index in [1.54, 1.807) is 21.9 Å². The van der Waals surface area contributed by atoms with Crippen LogP contribution in [0.4, 0.5) is 5.69 Å². The maximum atomic E-state index is 14.0. The van der Waals surface area contributed by atoms with Gasteiger partial charge in [0.05, 0.1) is 15.7 Å². The lowest BCUT2D eigenvalue weighted by Gasteiger charge is -2.32. The monoisotopic (exact) mass is 601 g/mol. The molecule has 8 heteroatoms. The van der Waals surface area contributed by atoms with Gasteiger partial charge in [-0.3, -0.25) is 14.4 Å². The average Bonchev–Trinajstić information content (AvgIpc) is 3.25. The second kappa shape index (κ2) is 13.0.